The second-order valence-electron chi connectivity index (χ2n) is 7.41. The number of rotatable bonds is 6. The molecule has 1 fully saturated rings. The van der Waals surface area contributed by atoms with E-state index in [4.69, 9.17) is 0 Å². The zero-order valence-electron chi connectivity index (χ0n) is 17.1. The molecule has 0 aliphatic carbocycles. The highest BCUT2D eigenvalue weighted by Crippen LogP contribution is 2.23. The van der Waals surface area contributed by atoms with Crippen molar-refractivity contribution in [3.05, 3.63) is 53.9 Å². The molecule has 3 rings (SSSR count). The first-order chi connectivity index (χ1) is 14.0. The van der Waals surface area contributed by atoms with Crippen LogP contribution >= 0.6 is 0 Å². The molecule has 1 atom stereocenters. The molecule has 0 bridgehead atoms. The van der Waals surface area contributed by atoms with Crippen LogP contribution in [0.3, 0.4) is 0 Å². The van der Waals surface area contributed by atoms with Gasteiger partial charge in [0.05, 0.1) is 0 Å². The van der Waals surface area contributed by atoms with Crippen LogP contribution in [0.25, 0.3) is 0 Å². The van der Waals surface area contributed by atoms with Crippen LogP contribution in [0.1, 0.15) is 35.8 Å². The molecule has 0 unspecified atom stereocenters. The fourth-order valence-electron chi connectivity index (χ4n) is 3.51. The average Bonchev–Trinajstić information content (AvgIpc) is 2.74. The van der Waals surface area contributed by atoms with E-state index < -0.39 is 0 Å². The molecule has 7 nitrogen and oxygen atoms in total. The summed E-state index contributed by atoms with van der Waals surface area (Å²) in [5.41, 5.74) is 3.37. The van der Waals surface area contributed by atoms with Crippen molar-refractivity contribution in [2.75, 3.05) is 36.4 Å². The monoisotopic (exact) mass is 395 g/mol. The summed E-state index contributed by atoms with van der Waals surface area (Å²) < 4.78 is 0. The molecule has 1 aliphatic rings. The minimum atomic E-state index is -0.187. The third-order valence-electron chi connectivity index (χ3n) is 5.06. The molecule has 0 saturated carbocycles. The van der Waals surface area contributed by atoms with Crippen molar-refractivity contribution in [1.82, 2.24) is 15.6 Å². The minimum absolute atomic E-state index is 0.155. The van der Waals surface area contributed by atoms with Crippen molar-refractivity contribution in [3.63, 3.8) is 0 Å². The van der Waals surface area contributed by atoms with Crippen LogP contribution in [-0.2, 0) is 0 Å². The van der Waals surface area contributed by atoms with Gasteiger partial charge in [0.15, 0.2) is 0 Å². The van der Waals surface area contributed by atoms with E-state index in [0.717, 1.165) is 42.9 Å². The number of anilines is 2. The van der Waals surface area contributed by atoms with Gasteiger partial charge in [-0.1, -0.05) is 17.7 Å². The molecular weight excluding hydrogens is 366 g/mol. The zero-order valence-corrected chi connectivity index (χ0v) is 17.1. The van der Waals surface area contributed by atoms with Crippen LogP contribution < -0.4 is 20.9 Å². The fraction of sp³-hybridized carbons (Fsp3) is 0.409. The highest BCUT2D eigenvalue weighted by molar-refractivity contribution is 5.93. The predicted octanol–water partition coefficient (Wildman–Crippen LogP) is 3.18. The van der Waals surface area contributed by atoms with Crippen LogP contribution in [0.5, 0.6) is 0 Å². The molecule has 3 amide bonds. The van der Waals surface area contributed by atoms with Gasteiger partial charge in [-0.25, -0.2) is 4.79 Å². The van der Waals surface area contributed by atoms with Gasteiger partial charge in [-0.15, -0.1) is 0 Å². The van der Waals surface area contributed by atoms with E-state index in [1.54, 1.807) is 6.20 Å². The van der Waals surface area contributed by atoms with Gasteiger partial charge in [-0.05, 0) is 56.9 Å². The molecule has 29 heavy (non-hydrogen) atoms. The van der Waals surface area contributed by atoms with Crippen LogP contribution in [0.15, 0.2) is 42.6 Å². The average molecular weight is 396 g/mol. The molecule has 2 aromatic rings. The summed E-state index contributed by atoms with van der Waals surface area (Å²) in [6, 6.07) is 11.3. The molecule has 0 spiro atoms. The molecule has 1 saturated heterocycles. The summed E-state index contributed by atoms with van der Waals surface area (Å²) in [6.07, 6.45) is 3.79. The molecule has 1 aliphatic heterocycles. The van der Waals surface area contributed by atoms with Gasteiger partial charge in [0, 0.05) is 43.8 Å². The smallest absolute Gasteiger partial charge is 0.319 e. The number of carbonyl (C=O) groups is 2. The van der Waals surface area contributed by atoms with Crippen molar-refractivity contribution in [2.45, 2.75) is 26.7 Å². The van der Waals surface area contributed by atoms with Crippen molar-refractivity contribution < 1.29 is 9.59 Å². The number of amides is 3. The Morgan fingerprint density at radius 3 is 2.72 bits per heavy atom. The van der Waals surface area contributed by atoms with E-state index in [-0.39, 0.29) is 11.9 Å². The number of carbonyl (C=O) groups excluding carboxylic acids is 2. The van der Waals surface area contributed by atoms with Gasteiger partial charge in [-0.3, -0.25) is 9.78 Å². The van der Waals surface area contributed by atoms with Crippen LogP contribution in [0.2, 0.25) is 0 Å². The van der Waals surface area contributed by atoms with Crippen LogP contribution in [0, 0.1) is 12.8 Å². The second-order valence-corrected chi connectivity index (χ2v) is 7.41. The Hall–Kier alpha value is -3.09. The van der Waals surface area contributed by atoms with Crippen LogP contribution in [-0.4, -0.2) is 43.1 Å². The molecular formula is C22H29N5O2. The highest BCUT2D eigenvalue weighted by atomic mass is 16.2. The largest absolute Gasteiger partial charge is 0.371 e. The number of benzene rings is 1. The van der Waals surface area contributed by atoms with Gasteiger partial charge in [0.1, 0.15) is 5.69 Å². The lowest BCUT2D eigenvalue weighted by Crippen LogP contribution is -2.42. The Morgan fingerprint density at radius 2 is 1.97 bits per heavy atom. The number of aryl methyl sites for hydroxylation is 1. The lowest BCUT2D eigenvalue weighted by molar-refractivity contribution is 0.0951. The summed E-state index contributed by atoms with van der Waals surface area (Å²) in [5, 5.41) is 8.63. The Bertz CT molecular complexity index is 837. The Morgan fingerprint density at radius 1 is 1.17 bits per heavy atom. The SMILES string of the molecule is CCNC(=O)c1cc(N2CCC[C@H](CNC(=O)Nc3ccc(C)cc3)C2)ccn1. The molecule has 1 aromatic carbocycles. The maximum absolute atomic E-state index is 12.2. The molecule has 2 heterocycles. The third kappa shape index (κ3) is 5.94. The summed E-state index contributed by atoms with van der Waals surface area (Å²) in [4.78, 5) is 30.7. The molecule has 154 valence electrons. The molecule has 7 heteroatoms. The Balaban J connectivity index is 1.52. The zero-order chi connectivity index (χ0) is 20.6. The van der Waals surface area contributed by atoms with E-state index in [2.05, 4.69) is 25.8 Å². The Labute approximate surface area is 171 Å². The quantitative estimate of drug-likeness (QED) is 0.701. The van der Waals surface area contributed by atoms with Crippen molar-refractivity contribution in [3.8, 4) is 0 Å². The van der Waals surface area contributed by atoms with Gasteiger partial charge in [0.2, 0.25) is 0 Å². The van der Waals surface area contributed by atoms with E-state index in [0.29, 0.717) is 24.7 Å². The maximum atomic E-state index is 12.2. The highest BCUT2D eigenvalue weighted by Gasteiger charge is 2.21. The second kappa shape index (κ2) is 9.91. The van der Waals surface area contributed by atoms with E-state index in [9.17, 15) is 9.59 Å². The first-order valence-corrected chi connectivity index (χ1v) is 10.2. The maximum Gasteiger partial charge on any atom is 0.319 e. The number of urea groups is 1. The number of pyridine rings is 1. The van der Waals surface area contributed by atoms with Gasteiger partial charge < -0.3 is 20.9 Å². The van der Waals surface area contributed by atoms with Gasteiger partial charge in [0.25, 0.3) is 5.91 Å². The van der Waals surface area contributed by atoms with Gasteiger partial charge >= 0.3 is 6.03 Å². The topological polar surface area (TPSA) is 86.4 Å². The third-order valence-corrected chi connectivity index (χ3v) is 5.06. The van der Waals surface area contributed by atoms with Crippen LogP contribution in [0.4, 0.5) is 16.2 Å². The number of hydrogen-bond donors (Lipinski definition) is 3. The molecule has 3 N–H and O–H groups in total. The van der Waals surface area contributed by atoms with Crippen molar-refractivity contribution >= 4 is 23.3 Å². The summed E-state index contributed by atoms with van der Waals surface area (Å²) in [5.74, 6) is 0.200. The van der Waals surface area contributed by atoms with E-state index in [1.807, 2.05) is 50.2 Å². The number of nitrogens with zero attached hydrogens (tertiary/aromatic N) is 2. The Kier molecular flexibility index (Phi) is 7.05. The van der Waals surface area contributed by atoms with E-state index >= 15 is 0 Å². The molecule has 0 radical (unpaired) electrons. The number of nitrogens with one attached hydrogen (secondary N) is 3. The van der Waals surface area contributed by atoms with Gasteiger partial charge in [-0.2, -0.15) is 0 Å². The number of hydrogen-bond acceptors (Lipinski definition) is 4. The molecule has 1 aromatic heterocycles. The minimum Gasteiger partial charge on any atom is -0.371 e. The van der Waals surface area contributed by atoms with Crippen molar-refractivity contribution in [2.24, 2.45) is 5.92 Å². The van der Waals surface area contributed by atoms with Crippen molar-refractivity contribution in [1.29, 1.82) is 0 Å². The summed E-state index contributed by atoms with van der Waals surface area (Å²) in [6.45, 7) is 6.86. The lowest BCUT2D eigenvalue weighted by atomic mass is 9.97. The number of piperidine rings is 1. The standard InChI is InChI=1S/C22H29N5O2/c1-3-23-21(28)20-13-19(10-11-24-20)27-12-4-5-17(15-27)14-25-22(29)26-18-8-6-16(2)7-9-18/h6-11,13,17H,3-5,12,14-15H2,1-2H3,(H,23,28)(H2,25,26,29)/t17-/m1/s1. The first kappa shape index (κ1) is 20.6. The lowest BCUT2D eigenvalue weighted by Gasteiger charge is -2.34. The first-order valence-electron chi connectivity index (χ1n) is 10.2. The number of aromatic nitrogens is 1. The normalized spacial score (nSPS) is 16.2. The van der Waals surface area contributed by atoms with E-state index in [1.165, 1.54) is 0 Å². The predicted molar refractivity (Wildman–Crippen MR) is 115 cm³/mol. The summed E-state index contributed by atoms with van der Waals surface area (Å²) in [7, 11) is 0. The fourth-order valence-corrected chi connectivity index (χ4v) is 3.51. The summed E-state index contributed by atoms with van der Waals surface area (Å²) >= 11 is 0.